The van der Waals surface area contributed by atoms with E-state index in [9.17, 15) is 0 Å². The minimum atomic E-state index is 0.0919. The van der Waals surface area contributed by atoms with E-state index in [1.54, 1.807) is 0 Å². The van der Waals surface area contributed by atoms with Crippen LogP contribution in [0.3, 0.4) is 0 Å². The normalized spacial score (nSPS) is 40.1. The summed E-state index contributed by atoms with van der Waals surface area (Å²) in [7, 11) is 0. The molecule has 4 nitrogen and oxygen atoms in total. The number of morpholine rings is 1. The van der Waals surface area contributed by atoms with Crippen molar-refractivity contribution in [2.75, 3.05) is 39.5 Å². The Hall–Kier alpha value is -0.160. The van der Waals surface area contributed by atoms with Gasteiger partial charge in [-0.3, -0.25) is 4.90 Å². The highest BCUT2D eigenvalue weighted by atomic mass is 16.5. The molecule has 2 heterocycles. The van der Waals surface area contributed by atoms with Gasteiger partial charge in [-0.1, -0.05) is 6.92 Å². The number of hydrogen-bond donors (Lipinski definition) is 1. The lowest BCUT2D eigenvalue weighted by atomic mass is 9.83. The van der Waals surface area contributed by atoms with Crippen LogP contribution in [-0.4, -0.2) is 56.0 Å². The summed E-state index contributed by atoms with van der Waals surface area (Å²) in [6, 6.07) is 0.158. The number of nitrogens with two attached hydrogens (primary N) is 1. The molecule has 2 atom stereocenters. The van der Waals surface area contributed by atoms with Crippen molar-refractivity contribution in [3.05, 3.63) is 0 Å². The van der Waals surface area contributed by atoms with Crippen LogP contribution in [0, 0.1) is 5.41 Å². The van der Waals surface area contributed by atoms with Gasteiger partial charge in [0, 0.05) is 30.1 Å². The fourth-order valence-corrected chi connectivity index (χ4v) is 2.51. The zero-order valence-electron chi connectivity index (χ0n) is 10.7. The summed E-state index contributed by atoms with van der Waals surface area (Å²) in [5.41, 5.74) is 6.34. The maximum Gasteiger partial charge on any atom is 0.0645 e. The molecule has 0 aromatic rings. The summed E-state index contributed by atoms with van der Waals surface area (Å²) < 4.78 is 11.0. The second-order valence-electron chi connectivity index (χ2n) is 6.06. The molecule has 0 spiro atoms. The predicted octanol–water partition coefficient (Wildman–Crippen LogP) is 0.461. The van der Waals surface area contributed by atoms with Crippen LogP contribution in [0.15, 0.2) is 0 Å². The van der Waals surface area contributed by atoms with Crippen LogP contribution in [0.25, 0.3) is 0 Å². The van der Waals surface area contributed by atoms with E-state index in [1.165, 1.54) is 0 Å². The van der Waals surface area contributed by atoms with Gasteiger partial charge in [0.1, 0.15) is 0 Å². The van der Waals surface area contributed by atoms with E-state index in [-0.39, 0.29) is 17.0 Å². The van der Waals surface area contributed by atoms with Crippen molar-refractivity contribution in [2.45, 2.75) is 32.4 Å². The zero-order chi connectivity index (χ0) is 11.8. The molecule has 2 fully saturated rings. The highest BCUT2D eigenvalue weighted by Gasteiger charge is 2.42. The zero-order valence-corrected chi connectivity index (χ0v) is 10.7. The second-order valence-corrected chi connectivity index (χ2v) is 6.06. The second kappa shape index (κ2) is 4.26. The fraction of sp³-hybridized carbons (Fsp3) is 1.00. The first-order valence-corrected chi connectivity index (χ1v) is 6.10. The highest BCUT2D eigenvalue weighted by Crippen LogP contribution is 2.31. The molecule has 0 aliphatic carbocycles. The van der Waals surface area contributed by atoms with Gasteiger partial charge in [-0.05, 0) is 13.8 Å². The Morgan fingerprint density at radius 3 is 2.56 bits per heavy atom. The quantitative estimate of drug-likeness (QED) is 0.746. The van der Waals surface area contributed by atoms with Crippen molar-refractivity contribution in [1.29, 1.82) is 0 Å². The van der Waals surface area contributed by atoms with Gasteiger partial charge < -0.3 is 15.2 Å². The Kier molecular flexibility index (Phi) is 3.27. The minimum Gasteiger partial charge on any atom is -0.379 e. The molecule has 0 saturated carbocycles. The van der Waals surface area contributed by atoms with Crippen LogP contribution >= 0.6 is 0 Å². The molecule has 0 aromatic carbocycles. The van der Waals surface area contributed by atoms with Crippen LogP contribution in [0.5, 0.6) is 0 Å². The molecule has 2 aliphatic rings. The summed E-state index contributed by atoms with van der Waals surface area (Å²) >= 11 is 0. The van der Waals surface area contributed by atoms with Gasteiger partial charge >= 0.3 is 0 Å². The van der Waals surface area contributed by atoms with Crippen molar-refractivity contribution >= 4 is 0 Å². The van der Waals surface area contributed by atoms with Gasteiger partial charge in [0.25, 0.3) is 0 Å². The maximum absolute atomic E-state index is 6.14. The molecule has 94 valence electrons. The number of ether oxygens (including phenoxy) is 2. The van der Waals surface area contributed by atoms with Crippen molar-refractivity contribution in [3.8, 4) is 0 Å². The molecule has 0 amide bonds. The Bertz CT molecular complexity index is 257. The Morgan fingerprint density at radius 2 is 2.00 bits per heavy atom. The molecule has 2 rings (SSSR count). The molecule has 2 N–H and O–H groups in total. The monoisotopic (exact) mass is 228 g/mol. The Morgan fingerprint density at radius 1 is 1.25 bits per heavy atom. The van der Waals surface area contributed by atoms with E-state index < -0.39 is 0 Å². The molecule has 0 bridgehead atoms. The van der Waals surface area contributed by atoms with Gasteiger partial charge in [0.05, 0.1) is 26.4 Å². The summed E-state index contributed by atoms with van der Waals surface area (Å²) in [6.07, 6.45) is 0. The van der Waals surface area contributed by atoms with E-state index in [2.05, 4.69) is 25.7 Å². The van der Waals surface area contributed by atoms with Crippen LogP contribution in [0.1, 0.15) is 20.8 Å². The topological polar surface area (TPSA) is 47.7 Å². The number of rotatable bonds is 2. The van der Waals surface area contributed by atoms with Gasteiger partial charge in [-0.25, -0.2) is 0 Å². The fourth-order valence-electron chi connectivity index (χ4n) is 2.51. The third kappa shape index (κ3) is 2.25. The molecular weight excluding hydrogens is 204 g/mol. The van der Waals surface area contributed by atoms with Crippen LogP contribution in [0.2, 0.25) is 0 Å². The lowest BCUT2D eigenvalue weighted by Gasteiger charge is -2.46. The van der Waals surface area contributed by atoms with Crippen molar-refractivity contribution in [3.63, 3.8) is 0 Å². The molecule has 2 saturated heterocycles. The van der Waals surface area contributed by atoms with E-state index in [1.807, 2.05) is 0 Å². The van der Waals surface area contributed by atoms with Crippen LogP contribution in [-0.2, 0) is 9.47 Å². The molecule has 2 aliphatic heterocycles. The largest absolute Gasteiger partial charge is 0.379 e. The lowest BCUT2D eigenvalue weighted by molar-refractivity contribution is -0.0679. The van der Waals surface area contributed by atoms with Crippen LogP contribution in [0.4, 0.5) is 0 Å². The summed E-state index contributed by atoms with van der Waals surface area (Å²) in [6.45, 7) is 11.8. The highest BCUT2D eigenvalue weighted by molar-refractivity contribution is 4.96. The van der Waals surface area contributed by atoms with Gasteiger partial charge in [0.15, 0.2) is 0 Å². The molecule has 0 aromatic heterocycles. The standard InChI is InChI=1S/C12H24N2O2/c1-11(2)8-15-5-4-14(11)7-12(3)9-16-6-10(12)13/h10H,4-9,13H2,1-3H3. The first kappa shape index (κ1) is 12.3. The van der Waals surface area contributed by atoms with Crippen LogP contribution < -0.4 is 5.73 Å². The smallest absolute Gasteiger partial charge is 0.0645 e. The number of hydrogen-bond acceptors (Lipinski definition) is 4. The molecular formula is C12H24N2O2. The average Bonchev–Trinajstić information content (AvgIpc) is 2.51. The summed E-state index contributed by atoms with van der Waals surface area (Å²) in [5.74, 6) is 0. The van der Waals surface area contributed by atoms with Crippen molar-refractivity contribution in [1.82, 2.24) is 4.90 Å². The molecule has 2 unspecified atom stereocenters. The third-order valence-electron chi connectivity index (χ3n) is 3.99. The predicted molar refractivity (Wildman–Crippen MR) is 63.4 cm³/mol. The number of nitrogens with zero attached hydrogens (tertiary/aromatic N) is 1. The van der Waals surface area contributed by atoms with Gasteiger partial charge in [-0.2, -0.15) is 0 Å². The SMILES string of the molecule is CC1(CN2CCOCC2(C)C)COCC1N. The lowest BCUT2D eigenvalue weighted by Crippen LogP contribution is -2.58. The van der Waals surface area contributed by atoms with E-state index in [0.29, 0.717) is 6.61 Å². The Balaban J connectivity index is 2.02. The first-order valence-electron chi connectivity index (χ1n) is 6.10. The van der Waals surface area contributed by atoms with E-state index >= 15 is 0 Å². The molecule has 4 heteroatoms. The van der Waals surface area contributed by atoms with E-state index in [0.717, 1.165) is 32.9 Å². The van der Waals surface area contributed by atoms with Gasteiger partial charge in [-0.15, -0.1) is 0 Å². The minimum absolute atomic E-state index is 0.0919. The molecule has 16 heavy (non-hydrogen) atoms. The third-order valence-corrected chi connectivity index (χ3v) is 3.99. The van der Waals surface area contributed by atoms with E-state index in [4.69, 9.17) is 15.2 Å². The molecule has 0 radical (unpaired) electrons. The Labute approximate surface area is 98.1 Å². The average molecular weight is 228 g/mol. The maximum atomic E-state index is 6.14. The van der Waals surface area contributed by atoms with Crippen molar-refractivity contribution in [2.24, 2.45) is 11.1 Å². The van der Waals surface area contributed by atoms with Gasteiger partial charge in [0.2, 0.25) is 0 Å². The summed E-state index contributed by atoms with van der Waals surface area (Å²) in [5, 5.41) is 0. The van der Waals surface area contributed by atoms with Crippen molar-refractivity contribution < 1.29 is 9.47 Å². The summed E-state index contributed by atoms with van der Waals surface area (Å²) in [4.78, 5) is 2.49. The first-order chi connectivity index (χ1) is 7.44.